The van der Waals surface area contributed by atoms with Crippen LogP contribution in [0.3, 0.4) is 0 Å². The van der Waals surface area contributed by atoms with Crippen LogP contribution in [0.15, 0.2) is 35.5 Å². The van der Waals surface area contributed by atoms with E-state index in [1.807, 2.05) is 13.8 Å². The molecule has 3 amide bonds. The average Bonchev–Trinajstić information content (AvgIpc) is 2.79. The zero-order chi connectivity index (χ0) is 24.8. The van der Waals surface area contributed by atoms with Crippen LogP contribution < -0.4 is 5.32 Å². The van der Waals surface area contributed by atoms with Crippen LogP contribution in [-0.4, -0.2) is 91.7 Å². The van der Waals surface area contributed by atoms with E-state index in [0.717, 1.165) is 0 Å². The minimum atomic E-state index is -0.965. The monoisotopic (exact) mass is 476 g/mol. The summed E-state index contributed by atoms with van der Waals surface area (Å²) in [5.41, 5.74) is 0.913. The van der Waals surface area contributed by atoms with E-state index in [9.17, 15) is 18.8 Å². The zero-order valence-electron chi connectivity index (χ0n) is 20.2. The Bertz CT molecular complexity index is 953. The predicted octanol–water partition coefficient (Wildman–Crippen LogP) is 1.91. The van der Waals surface area contributed by atoms with Gasteiger partial charge < -0.3 is 19.7 Å². The minimum Gasteiger partial charge on any atom is -0.463 e. The fraction of sp³-hybridized carbons (Fsp3) is 0.542. The third kappa shape index (κ3) is 5.39. The van der Waals surface area contributed by atoms with E-state index in [0.29, 0.717) is 31.9 Å². The molecule has 9 nitrogen and oxygen atoms in total. The molecule has 0 bridgehead atoms. The van der Waals surface area contributed by atoms with Crippen molar-refractivity contribution < 1.29 is 28.2 Å². The zero-order valence-corrected chi connectivity index (χ0v) is 20.2. The molecule has 2 aliphatic rings. The molecule has 34 heavy (non-hydrogen) atoms. The third-order valence-corrected chi connectivity index (χ3v) is 6.14. The predicted molar refractivity (Wildman–Crippen MR) is 123 cm³/mol. The second-order valence-electron chi connectivity index (χ2n) is 8.33. The second kappa shape index (κ2) is 11.4. The Morgan fingerprint density at radius 2 is 1.94 bits per heavy atom. The number of carbonyl (C=O) groups is 3. The number of benzene rings is 1. The fourth-order valence-corrected chi connectivity index (χ4v) is 4.57. The summed E-state index contributed by atoms with van der Waals surface area (Å²) in [5, 5.41) is 2.78. The topological polar surface area (TPSA) is 91.4 Å². The highest BCUT2D eigenvalue weighted by Gasteiger charge is 2.40. The van der Waals surface area contributed by atoms with Gasteiger partial charge in [-0.15, -0.1) is 0 Å². The molecule has 1 saturated heterocycles. The number of nitrogens with one attached hydrogen (secondary N) is 1. The first-order valence-corrected chi connectivity index (χ1v) is 11.6. The molecular formula is C24H33FN4O5. The maximum Gasteiger partial charge on any atom is 0.338 e. The number of urea groups is 1. The van der Waals surface area contributed by atoms with E-state index in [2.05, 4.69) is 10.2 Å². The normalized spacial score (nSPS) is 21.5. The molecule has 10 heteroatoms. The van der Waals surface area contributed by atoms with Gasteiger partial charge in [0.15, 0.2) is 0 Å². The van der Waals surface area contributed by atoms with Gasteiger partial charge in [-0.25, -0.2) is 14.0 Å². The number of amides is 3. The van der Waals surface area contributed by atoms with Gasteiger partial charge in [-0.1, -0.05) is 18.2 Å². The van der Waals surface area contributed by atoms with Crippen LogP contribution in [0.1, 0.15) is 32.4 Å². The molecular weight excluding hydrogens is 443 g/mol. The number of methoxy groups -OCH3 is 1. The van der Waals surface area contributed by atoms with Crippen LogP contribution in [0, 0.1) is 5.82 Å². The molecule has 0 saturated carbocycles. The van der Waals surface area contributed by atoms with Crippen molar-refractivity contribution >= 4 is 17.9 Å². The summed E-state index contributed by atoms with van der Waals surface area (Å²) in [5.74, 6) is -1.18. The van der Waals surface area contributed by atoms with Gasteiger partial charge in [0, 0.05) is 57.1 Å². The van der Waals surface area contributed by atoms with Gasteiger partial charge in [0.1, 0.15) is 12.4 Å². The molecule has 1 N–H and O–H groups in total. The molecule has 186 valence electrons. The van der Waals surface area contributed by atoms with Crippen molar-refractivity contribution in [1.29, 1.82) is 0 Å². The van der Waals surface area contributed by atoms with Crippen molar-refractivity contribution in [2.45, 2.75) is 32.9 Å². The van der Waals surface area contributed by atoms with E-state index in [1.54, 1.807) is 30.0 Å². The maximum atomic E-state index is 14.7. The third-order valence-electron chi connectivity index (χ3n) is 6.14. The number of carbonyl (C=O) groups excluding carboxylic acids is 3. The first-order chi connectivity index (χ1) is 16.3. The molecule has 0 radical (unpaired) electrons. The van der Waals surface area contributed by atoms with Crippen LogP contribution >= 0.6 is 0 Å². The molecule has 2 heterocycles. The van der Waals surface area contributed by atoms with Gasteiger partial charge in [-0.05, 0) is 26.8 Å². The SMILES string of the molecule is CCOC(=O)C1=C(CN2CCN(C(=O)COC)[C@H](C)C2)N(CC)C(=O)N[C@@H]1c1ccccc1F. The number of likely N-dealkylation sites (N-methyl/N-ethyl adjacent to an activating group) is 1. The van der Waals surface area contributed by atoms with Crippen LogP contribution in [0.5, 0.6) is 0 Å². The summed E-state index contributed by atoms with van der Waals surface area (Å²) in [6, 6.07) is 4.64. The number of piperazine rings is 1. The highest BCUT2D eigenvalue weighted by molar-refractivity contribution is 5.95. The number of ether oxygens (including phenoxy) is 2. The Morgan fingerprint density at radius 3 is 2.56 bits per heavy atom. The Balaban J connectivity index is 1.98. The van der Waals surface area contributed by atoms with Gasteiger partial charge in [-0.3, -0.25) is 14.6 Å². The van der Waals surface area contributed by atoms with Gasteiger partial charge in [0.25, 0.3) is 0 Å². The molecule has 0 spiro atoms. The molecule has 2 atom stereocenters. The standard InChI is InChI=1S/C24H33FN4O5/c1-5-28-19(14-27-11-12-29(16(3)13-27)20(30)15-33-4)21(23(31)34-6-2)22(26-24(28)32)17-9-7-8-10-18(17)25/h7-10,16,22H,5-6,11-15H2,1-4H3,(H,26,32)/t16-,22-/m1/s1. The second-order valence-corrected chi connectivity index (χ2v) is 8.33. The number of halogens is 1. The molecule has 1 aromatic rings. The van der Waals surface area contributed by atoms with Crippen molar-refractivity contribution in [3.63, 3.8) is 0 Å². The Hall–Kier alpha value is -2.98. The molecule has 2 aliphatic heterocycles. The molecule has 0 aliphatic carbocycles. The van der Waals surface area contributed by atoms with Crippen LogP contribution in [-0.2, 0) is 19.1 Å². The molecule has 1 fully saturated rings. The molecule has 1 aromatic carbocycles. The van der Waals surface area contributed by atoms with E-state index in [4.69, 9.17) is 9.47 Å². The smallest absolute Gasteiger partial charge is 0.338 e. The van der Waals surface area contributed by atoms with E-state index < -0.39 is 23.9 Å². The van der Waals surface area contributed by atoms with Crippen molar-refractivity contribution in [2.24, 2.45) is 0 Å². The van der Waals surface area contributed by atoms with Gasteiger partial charge in [0.05, 0.1) is 18.2 Å². The van der Waals surface area contributed by atoms with Crippen molar-refractivity contribution in [1.82, 2.24) is 20.0 Å². The fourth-order valence-electron chi connectivity index (χ4n) is 4.57. The molecule has 0 unspecified atom stereocenters. The summed E-state index contributed by atoms with van der Waals surface area (Å²) in [7, 11) is 1.49. The van der Waals surface area contributed by atoms with E-state index >= 15 is 0 Å². The minimum absolute atomic E-state index is 0.0244. The van der Waals surface area contributed by atoms with Gasteiger partial charge >= 0.3 is 12.0 Å². The number of rotatable bonds is 8. The molecule has 3 rings (SSSR count). The van der Waals surface area contributed by atoms with E-state index in [-0.39, 0.29) is 42.8 Å². The average molecular weight is 477 g/mol. The Labute approximate surface area is 199 Å². The Morgan fingerprint density at radius 1 is 1.21 bits per heavy atom. The number of esters is 1. The van der Waals surface area contributed by atoms with Crippen LogP contribution in [0.25, 0.3) is 0 Å². The first kappa shape index (κ1) is 25.6. The van der Waals surface area contributed by atoms with Crippen LogP contribution in [0.2, 0.25) is 0 Å². The Kier molecular flexibility index (Phi) is 8.62. The summed E-state index contributed by atoms with van der Waals surface area (Å²) in [6.07, 6.45) is 0. The lowest BCUT2D eigenvalue weighted by molar-refractivity contribution is -0.139. The highest BCUT2D eigenvalue weighted by atomic mass is 19.1. The summed E-state index contributed by atoms with van der Waals surface area (Å²) in [6.45, 7) is 7.87. The highest BCUT2D eigenvalue weighted by Crippen LogP contribution is 2.33. The van der Waals surface area contributed by atoms with Crippen LogP contribution in [0.4, 0.5) is 9.18 Å². The number of nitrogens with zero attached hydrogens (tertiary/aromatic N) is 3. The van der Waals surface area contributed by atoms with Crippen molar-refractivity contribution in [2.75, 3.05) is 53.0 Å². The summed E-state index contributed by atoms with van der Waals surface area (Å²) >= 11 is 0. The summed E-state index contributed by atoms with van der Waals surface area (Å²) in [4.78, 5) is 43.8. The number of hydrogen-bond acceptors (Lipinski definition) is 6. The largest absolute Gasteiger partial charge is 0.463 e. The lowest BCUT2D eigenvalue weighted by atomic mass is 9.93. The van der Waals surface area contributed by atoms with E-state index in [1.165, 1.54) is 18.1 Å². The lowest BCUT2D eigenvalue weighted by Gasteiger charge is -2.42. The first-order valence-electron chi connectivity index (χ1n) is 11.6. The van der Waals surface area contributed by atoms with Gasteiger partial charge in [-0.2, -0.15) is 0 Å². The maximum absolute atomic E-state index is 14.7. The van der Waals surface area contributed by atoms with Crippen molar-refractivity contribution in [3.05, 3.63) is 46.9 Å². The van der Waals surface area contributed by atoms with Gasteiger partial charge in [0.2, 0.25) is 5.91 Å². The summed E-state index contributed by atoms with van der Waals surface area (Å²) < 4.78 is 25.0. The quantitative estimate of drug-likeness (QED) is 0.577. The molecule has 0 aromatic heterocycles. The number of hydrogen-bond donors (Lipinski definition) is 1. The van der Waals surface area contributed by atoms with Crippen molar-refractivity contribution in [3.8, 4) is 0 Å². The lowest BCUT2D eigenvalue weighted by Crippen LogP contribution is -2.57.